The van der Waals surface area contributed by atoms with Crippen molar-refractivity contribution < 1.29 is 14.3 Å². The van der Waals surface area contributed by atoms with Gasteiger partial charge in [0.25, 0.3) is 0 Å². The number of nitrogens with zero attached hydrogens (tertiary/aromatic N) is 3. The molecule has 36 heavy (non-hydrogen) atoms. The van der Waals surface area contributed by atoms with Crippen LogP contribution in [0.1, 0.15) is 35.8 Å². The molecule has 1 aromatic heterocycles. The highest BCUT2D eigenvalue weighted by molar-refractivity contribution is 5.84. The first-order valence-corrected chi connectivity index (χ1v) is 12.4. The number of fused-ring (bicyclic) bond motifs is 2. The number of amides is 2. The number of Topliss-reactive ketones (excluding diaryl/α,β-unsaturated/α-hetero) is 1. The Morgan fingerprint density at radius 2 is 1.83 bits per heavy atom. The molecule has 1 saturated heterocycles. The third kappa shape index (κ3) is 4.21. The molecule has 3 heterocycles. The van der Waals surface area contributed by atoms with Crippen LogP contribution in [0.3, 0.4) is 0 Å². The van der Waals surface area contributed by atoms with E-state index in [2.05, 4.69) is 34.2 Å². The molecule has 0 spiro atoms. The lowest BCUT2D eigenvalue weighted by atomic mass is 9.94. The number of aromatic nitrogens is 2. The van der Waals surface area contributed by atoms with Crippen LogP contribution in [0, 0.1) is 6.92 Å². The molecule has 7 nitrogen and oxygen atoms in total. The molecule has 0 saturated carbocycles. The van der Waals surface area contributed by atoms with Gasteiger partial charge in [-0.05, 0) is 47.9 Å². The smallest absolute Gasteiger partial charge is 0.320 e. The van der Waals surface area contributed by atoms with Gasteiger partial charge in [0, 0.05) is 24.9 Å². The fourth-order valence-corrected chi connectivity index (χ4v) is 5.27. The number of likely N-dealkylation sites (tertiary alicyclic amines) is 1. The van der Waals surface area contributed by atoms with Gasteiger partial charge in [-0.3, -0.25) is 4.79 Å². The summed E-state index contributed by atoms with van der Waals surface area (Å²) in [6, 6.07) is 21.9. The summed E-state index contributed by atoms with van der Waals surface area (Å²) < 4.78 is 6.03. The van der Waals surface area contributed by atoms with Gasteiger partial charge in [0.1, 0.15) is 24.0 Å². The van der Waals surface area contributed by atoms with Crippen molar-refractivity contribution in [3.05, 3.63) is 83.7 Å². The second-order valence-corrected chi connectivity index (χ2v) is 9.54. The van der Waals surface area contributed by atoms with Gasteiger partial charge in [0.2, 0.25) is 0 Å². The van der Waals surface area contributed by atoms with Crippen LogP contribution in [0.4, 0.5) is 4.79 Å². The maximum absolute atomic E-state index is 13.8. The molecule has 0 aliphatic carbocycles. The topological polar surface area (TPSA) is 78.5 Å². The van der Waals surface area contributed by atoms with Crippen LogP contribution in [0.5, 0.6) is 5.75 Å². The van der Waals surface area contributed by atoms with E-state index in [4.69, 9.17) is 4.74 Å². The summed E-state index contributed by atoms with van der Waals surface area (Å²) in [6.07, 6.45) is 0.756. The largest absolute Gasteiger partial charge is 0.491 e. The zero-order chi connectivity index (χ0) is 24.6. The minimum absolute atomic E-state index is 0.0486. The fourth-order valence-electron chi connectivity index (χ4n) is 5.27. The summed E-state index contributed by atoms with van der Waals surface area (Å²) in [4.78, 5) is 37.6. The van der Waals surface area contributed by atoms with Gasteiger partial charge in [-0.15, -0.1) is 0 Å². The number of aryl methyl sites for hydroxylation is 1. The Bertz CT molecular complexity index is 1450. The van der Waals surface area contributed by atoms with Crippen LogP contribution >= 0.6 is 0 Å². The van der Waals surface area contributed by atoms with E-state index in [1.165, 1.54) is 0 Å². The van der Waals surface area contributed by atoms with E-state index in [0.29, 0.717) is 39.1 Å². The molecule has 2 amide bonds. The number of imidazole rings is 1. The molecule has 0 radical (unpaired) electrons. The van der Waals surface area contributed by atoms with Crippen LogP contribution in [-0.2, 0) is 11.3 Å². The van der Waals surface area contributed by atoms with Crippen molar-refractivity contribution in [1.29, 1.82) is 0 Å². The molecule has 1 N–H and O–H groups in total. The summed E-state index contributed by atoms with van der Waals surface area (Å²) in [7, 11) is 0. The summed E-state index contributed by atoms with van der Waals surface area (Å²) in [5.74, 6) is 1.90. The van der Waals surface area contributed by atoms with Crippen molar-refractivity contribution in [2.45, 2.75) is 32.4 Å². The molecule has 3 aromatic carbocycles. The molecule has 1 atom stereocenters. The standard InChI is InChI=1S/C29H28N4O3/c1-19-30-25-9-7-22(16-26(25)31-19)21-8-10-28-23(15-21)18-32(13-14-36-28)29(35)33-12-11-24(34)17-27(33)20-5-3-2-4-6-20/h2-10,15-16,27H,11-14,17-18H2,1H3,(H,30,31). The van der Waals surface area contributed by atoms with Crippen LogP contribution < -0.4 is 4.74 Å². The Morgan fingerprint density at radius 1 is 1.03 bits per heavy atom. The number of piperidine rings is 1. The van der Waals surface area contributed by atoms with Gasteiger partial charge in [-0.2, -0.15) is 0 Å². The van der Waals surface area contributed by atoms with E-state index in [1.54, 1.807) is 0 Å². The molecule has 4 aromatic rings. The van der Waals surface area contributed by atoms with Crippen molar-refractivity contribution in [3.63, 3.8) is 0 Å². The molecule has 182 valence electrons. The summed E-state index contributed by atoms with van der Waals surface area (Å²) in [5.41, 5.74) is 6.06. The van der Waals surface area contributed by atoms with Crippen LogP contribution in [-0.4, -0.2) is 51.3 Å². The number of nitrogens with one attached hydrogen (secondary N) is 1. The lowest BCUT2D eigenvalue weighted by Gasteiger charge is -2.38. The molecule has 1 fully saturated rings. The number of carbonyl (C=O) groups is 2. The highest BCUT2D eigenvalue weighted by atomic mass is 16.5. The zero-order valence-corrected chi connectivity index (χ0v) is 20.2. The van der Waals surface area contributed by atoms with Crippen LogP contribution in [0.25, 0.3) is 22.2 Å². The highest BCUT2D eigenvalue weighted by Crippen LogP contribution is 2.33. The second-order valence-electron chi connectivity index (χ2n) is 9.54. The Morgan fingerprint density at radius 3 is 2.69 bits per heavy atom. The van der Waals surface area contributed by atoms with Gasteiger partial charge < -0.3 is 19.5 Å². The van der Waals surface area contributed by atoms with Gasteiger partial charge in [0.05, 0.1) is 30.2 Å². The van der Waals surface area contributed by atoms with Crippen LogP contribution in [0.2, 0.25) is 0 Å². The third-order valence-electron chi connectivity index (χ3n) is 7.10. The van der Waals surface area contributed by atoms with Crippen LogP contribution in [0.15, 0.2) is 66.7 Å². The number of ketones is 1. The molecule has 1 unspecified atom stereocenters. The average Bonchev–Trinajstić information content (AvgIpc) is 3.14. The van der Waals surface area contributed by atoms with Crippen molar-refractivity contribution in [2.24, 2.45) is 0 Å². The molecule has 0 bridgehead atoms. The van der Waals surface area contributed by atoms with Crippen molar-refractivity contribution in [3.8, 4) is 16.9 Å². The maximum atomic E-state index is 13.8. The number of urea groups is 1. The van der Waals surface area contributed by atoms with Crippen molar-refractivity contribution in [1.82, 2.24) is 19.8 Å². The number of hydrogen-bond acceptors (Lipinski definition) is 4. The molecular formula is C29H28N4O3. The predicted octanol–water partition coefficient (Wildman–Crippen LogP) is 5.26. The molecule has 2 aliphatic heterocycles. The lowest BCUT2D eigenvalue weighted by molar-refractivity contribution is -0.122. The fraction of sp³-hybridized carbons (Fsp3) is 0.276. The molecule has 7 heteroatoms. The minimum atomic E-state index is -0.237. The Balaban J connectivity index is 1.28. The normalized spacial score (nSPS) is 18.0. The second kappa shape index (κ2) is 9.15. The number of H-pyrrole nitrogens is 1. The van der Waals surface area contributed by atoms with E-state index in [9.17, 15) is 9.59 Å². The van der Waals surface area contributed by atoms with E-state index in [1.807, 2.05) is 59.2 Å². The monoisotopic (exact) mass is 480 g/mol. The van der Waals surface area contributed by atoms with Gasteiger partial charge in [-0.25, -0.2) is 9.78 Å². The lowest BCUT2D eigenvalue weighted by Crippen LogP contribution is -2.48. The third-order valence-corrected chi connectivity index (χ3v) is 7.10. The number of carbonyl (C=O) groups excluding carboxylic acids is 2. The molecular weight excluding hydrogens is 452 g/mol. The van der Waals surface area contributed by atoms with E-state index >= 15 is 0 Å². The van der Waals surface area contributed by atoms with Gasteiger partial charge >= 0.3 is 6.03 Å². The zero-order valence-electron chi connectivity index (χ0n) is 20.2. The minimum Gasteiger partial charge on any atom is -0.491 e. The average molecular weight is 481 g/mol. The number of aromatic amines is 1. The van der Waals surface area contributed by atoms with Gasteiger partial charge in [0.15, 0.2) is 0 Å². The van der Waals surface area contributed by atoms with E-state index in [0.717, 1.165) is 44.9 Å². The summed E-state index contributed by atoms with van der Waals surface area (Å²) >= 11 is 0. The summed E-state index contributed by atoms with van der Waals surface area (Å²) in [5, 5.41) is 0. The first-order valence-electron chi connectivity index (χ1n) is 12.4. The first kappa shape index (κ1) is 22.3. The maximum Gasteiger partial charge on any atom is 0.320 e. The Hall–Kier alpha value is -4.13. The quantitative estimate of drug-likeness (QED) is 0.425. The molecule has 6 rings (SSSR count). The SMILES string of the molecule is Cc1nc2ccc(-c3ccc4c(c3)CN(C(=O)N3CCC(=O)CC3c3ccccc3)CCO4)cc2[nH]1. The van der Waals surface area contributed by atoms with E-state index in [-0.39, 0.29) is 17.9 Å². The Kier molecular flexibility index (Phi) is 5.68. The number of ether oxygens (including phenoxy) is 1. The van der Waals surface area contributed by atoms with Gasteiger partial charge in [-0.1, -0.05) is 42.5 Å². The first-order chi connectivity index (χ1) is 17.5. The number of benzene rings is 3. The highest BCUT2D eigenvalue weighted by Gasteiger charge is 2.34. The number of rotatable bonds is 2. The predicted molar refractivity (Wildman–Crippen MR) is 138 cm³/mol. The number of hydrogen-bond donors (Lipinski definition) is 1. The van der Waals surface area contributed by atoms with Crippen molar-refractivity contribution >= 4 is 22.8 Å². The Labute approximate surface area is 209 Å². The summed E-state index contributed by atoms with van der Waals surface area (Å²) in [6.45, 7) is 3.77. The van der Waals surface area contributed by atoms with Crippen molar-refractivity contribution in [2.75, 3.05) is 19.7 Å². The van der Waals surface area contributed by atoms with E-state index < -0.39 is 0 Å². The molecule has 2 aliphatic rings.